The van der Waals surface area contributed by atoms with E-state index in [9.17, 15) is 4.79 Å². The molecule has 1 aliphatic rings. The molecule has 4 nitrogen and oxygen atoms in total. The number of nitrogens with one attached hydrogen (secondary N) is 1. The van der Waals surface area contributed by atoms with Crippen molar-refractivity contribution in [3.8, 4) is 5.69 Å². The summed E-state index contributed by atoms with van der Waals surface area (Å²) in [7, 11) is 0. The summed E-state index contributed by atoms with van der Waals surface area (Å²) in [5.74, 6) is 2.84. The van der Waals surface area contributed by atoms with Crippen LogP contribution in [0.15, 0.2) is 24.3 Å². The zero-order chi connectivity index (χ0) is 16.4. The molecular formula is C18H23N3OS. The largest absolute Gasteiger partial charge is 0.310 e. The average molecular weight is 329 g/mol. The van der Waals surface area contributed by atoms with Gasteiger partial charge in [0.05, 0.1) is 11.4 Å². The Kier molecular flexibility index (Phi) is 4.76. The molecule has 0 spiro atoms. The molecule has 1 aromatic carbocycles. The molecule has 2 aromatic rings. The van der Waals surface area contributed by atoms with Crippen molar-refractivity contribution in [2.45, 2.75) is 45.1 Å². The Morgan fingerprint density at radius 1 is 1.26 bits per heavy atom. The smallest absolute Gasteiger partial charge is 0.228 e. The van der Waals surface area contributed by atoms with Crippen LogP contribution in [-0.4, -0.2) is 15.7 Å². The zero-order valence-corrected chi connectivity index (χ0v) is 14.7. The van der Waals surface area contributed by atoms with Gasteiger partial charge in [0, 0.05) is 23.0 Å². The summed E-state index contributed by atoms with van der Waals surface area (Å²) < 4.78 is 1.89. The first kappa shape index (κ1) is 16.1. The second-order valence-corrected chi connectivity index (χ2v) is 7.00. The predicted molar refractivity (Wildman–Crippen MR) is 96.0 cm³/mol. The number of benzene rings is 1. The highest BCUT2D eigenvalue weighted by Crippen LogP contribution is 2.36. The SMILES string of the molecule is CCC(CC)C(=O)Nc1c2c(nn1-c1ccc(C)cc1)CSC2. The van der Waals surface area contributed by atoms with Crippen LogP contribution in [0.1, 0.15) is 43.5 Å². The minimum atomic E-state index is 0.0565. The lowest BCUT2D eigenvalue weighted by atomic mass is 10.0. The Hall–Kier alpha value is -1.75. The van der Waals surface area contributed by atoms with Gasteiger partial charge >= 0.3 is 0 Å². The maximum Gasteiger partial charge on any atom is 0.228 e. The van der Waals surface area contributed by atoms with Crippen LogP contribution in [0, 0.1) is 12.8 Å². The molecule has 0 bridgehead atoms. The monoisotopic (exact) mass is 329 g/mol. The third kappa shape index (κ3) is 3.15. The van der Waals surface area contributed by atoms with Gasteiger partial charge in [-0.05, 0) is 31.9 Å². The van der Waals surface area contributed by atoms with Crippen LogP contribution in [0.2, 0.25) is 0 Å². The summed E-state index contributed by atoms with van der Waals surface area (Å²) in [5.41, 5.74) is 4.48. The molecule has 0 fully saturated rings. The third-order valence-electron chi connectivity index (χ3n) is 4.43. The van der Waals surface area contributed by atoms with Crippen LogP contribution < -0.4 is 5.32 Å². The van der Waals surface area contributed by atoms with Crippen LogP contribution in [0.3, 0.4) is 0 Å². The van der Waals surface area contributed by atoms with E-state index in [1.165, 1.54) is 11.1 Å². The molecular weight excluding hydrogens is 306 g/mol. The van der Waals surface area contributed by atoms with Crippen molar-refractivity contribution in [3.63, 3.8) is 0 Å². The van der Waals surface area contributed by atoms with Crippen molar-refractivity contribution in [3.05, 3.63) is 41.1 Å². The van der Waals surface area contributed by atoms with Gasteiger partial charge in [-0.3, -0.25) is 4.79 Å². The van der Waals surface area contributed by atoms with Crippen LogP contribution >= 0.6 is 11.8 Å². The molecule has 0 saturated heterocycles. The summed E-state index contributed by atoms with van der Waals surface area (Å²) in [6, 6.07) is 8.25. The number of anilines is 1. The first-order chi connectivity index (χ1) is 11.1. The minimum Gasteiger partial charge on any atom is -0.310 e. The molecule has 0 saturated carbocycles. The zero-order valence-electron chi connectivity index (χ0n) is 13.9. The normalized spacial score (nSPS) is 13.4. The van der Waals surface area contributed by atoms with E-state index >= 15 is 0 Å². The van der Waals surface area contributed by atoms with Crippen molar-refractivity contribution in [2.75, 3.05) is 5.32 Å². The van der Waals surface area contributed by atoms with Gasteiger partial charge in [-0.25, -0.2) is 4.68 Å². The lowest BCUT2D eigenvalue weighted by molar-refractivity contribution is -0.120. The molecule has 1 amide bonds. The Bertz CT molecular complexity index is 702. The fraction of sp³-hybridized carbons (Fsp3) is 0.444. The highest BCUT2D eigenvalue weighted by molar-refractivity contribution is 7.98. The number of carbonyl (C=O) groups excluding carboxylic acids is 1. The Morgan fingerprint density at radius 2 is 1.96 bits per heavy atom. The second kappa shape index (κ2) is 6.79. The van der Waals surface area contributed by atoms with Gasteiger partial charge in [0.2, 0.25) is 5.91 Å². The summed E-state index contributed by atoms with van der Waals surface area (Å²) in [6.07, 6.45) is 1.72. The quantitative estimate of drug-likeness (QED) is 0.889. The molecule has 0 atom stereocenters. The maximum atomic E-state index is 12.6. The first-order valence-electron chi connectivity index (χ1n) is 8.20. The first-order valence-corrected chi connectivity index (χ1v) is 9.35. The third-order valence-corrected chi connectivity index (χ3v) is 5.40. The molecule has 2 heterocycles. The van der Waals surface area contributed by atoms with Crippen molar-refractivity contribution >= 4 is 23.5 Å². The molecule has 0 aliphatic carbocycles. The molecule has 23 heavy (non-hydrogen) atoms. The lowest BCUT2D eigenvalue weighted by Crippen LogP contribution is -2.23. The second-order valence-electron chi connectivity index (χ2n) is 6.02. The number of aryl methyl sites for hydroxylation is 1. The molecule has 0 unspecified atom stereocenters. The number of amides is 1. The predicted octanol–water partition coefficient (Wildman–Crippen LogP) is 4.30. The molecule has 1 aliphatic heterocycles. The highest BCUT2D eigenvalue weighted by Gasteiger charge is 2.26. The Labute approximate surface area is 141 Å². The highest BCUT2D eigenvalue weighted by atomic mass is 32.2. The molecule has 1 aromatic heterocycles. The number of rotatable bonds is 5. The molecule has 0 radical (unpaired) electrons. The number of hydrogen-bond donors (Lipinski definition) is 1. The summed E-state index contributed by atoms with van der Waals surface area (Å²) >= 11 is 1.85. The van der Waals surface area contributed by atoms with Crippen molar-refractivity contribution in [1.29, 1.82) is 0 Å². The van der Waals surface area contributed by atoms with Crippen molar-refractivity contribution in [1.82, 2.24) is 9.78 Å². The number of thioether (sulfide) groups is 1. The van der Waals surface area contributed by atoms with Gasteiger partial charge in [0.15, 0.2) is 0 Å². The van der Waals surface area contributed by atoms with Gasteiger partial charge in [0.25, 0.3) is 0 Å². The molecule has 1 N–H and O–H groups in total. The summed E-state index contributed by atoms with van der Waals surface area (Å²) in [6.45, 7) is 6.19. The maximum absolute atomic E-state index is 12.6. The van der Waals surface area contributed by atoms with Crippen LogP contribution in [0.4, 0.5) is 5.82 Å². The van der Waals surface area contributed by atoms with E-state index in [-0.39, 0.29) is 11.8 Å². The number of nitrogens with zero attached hydrogens (tertiary/aromatic N) is 2. The lowest BCUT2D eigenvalue weighted by Gasteiger charge is -2.15. The molecule has 3 rings (SSSR count). The average Bonchev–Trinajstić information content (AvgIpc) is 3.12. The number of hydrogen-bond acceptors (Lipinski definition) is 3. The standard InChI is InChI=1S/C18H23N3OS/c1-4-13(5-2)18(22)19-17-15-10-23-11-16(15)20-21(17)14-8-6-12(3)7-9-14/h6-9,13H,4-5,10-11H2,1-3H3,(H,19,22). The van der Waals surface area contributed by atoms with Crippen LogP contribution in [-0.2, 0) is 16.3 Å². The van der Waals surface area contributed by atoms with Gasteiger partial charge < -0.3 is 5.32 Å². The van der Waals surface area contributed by atoms with E-state index in [0.29, 0.717) is 0 Å². The van der Waals surface area contributed by atoms with E-state index in [0.717, 1.165) is 41.5 Å². The summed E-state index contributed by atoms with van der Waals surface area (Å²) in [5, 5.41) is 7.89. The van der Waals surface area contributed by atoms with Gasteiger partial charge in [0.1, 0.15) is 5.82 Å². The topological polar surface area (TPSA) is 46.9 Å². The van der Waals surface area contributed by atoms with E-state index in [2.05, 4.69) is 50.4 Å². The number of aromatic nitrogens is 2. The van der Waals surface area contributed by atoms with E-state index < -0.39 is 0 Å². The van der Waals surface area contributed by atoms with Crippen molar-refractivity contribution in [2.24, 2.45) is 5.92 Å². The fourth-order valence-electron chi connectivity index (χ4n) is 2.89. The van der Waals surface area contributed by atoms with Crippen molar-refractivity contribution < 1.29 is 4.79 Å². The van der Waals surface area contributed by atoms with Gasteiger partial charge in [-0.2, -0.15) is 16.9 Å². The Morgan fingerprint density at radius 3 is 2.61 bits per heavy atom. The number of carbonyl (C=O) groups is 1. The van der Waals surface area contributed by atoms with E-state index in [1.54, 1.807) is 0 Å². The summed E-state index contributed by atoms with van der Waals surface area (Å²) in [4.78, 5) is 12.6. The Balaban J connectivity index is 1.98. The minimum absolute atomic E-state index is 0.0565. The van der Waals surface area contributed by atoms with E-state index in [1.807, 2.05) is 16.4 Å². The molecule has 5 heteroatoms. The van der Waals surface area contributed by atoms with Gasteiger partial charge in [-0.15, -0.1) is 0 Å². The van der Waals surface area contributed by atoms with Crippen LogP contribution in [0.5, 0.6) is 0 Å². The fourth-order valence-corrected chi connectivity index (χ4v) is 3.93. The van der Waals surface area contributed by atoms with Gasteiger partial charge in [-0.1, -0.05) is 31.5 Å². The van der Waals surface area contributed by atoms with E-state index in [4.69, 9.17) is 5.10 Å². The van der Waals surface area contributed by atoms with Crippen LogP contribution in [0.25, 0.3) is 5.69 Å². The number of fused-ring (bicyclic) bond motifs is 1. The molecule has 122 valence electrons.